The summed E-state index contributed by atoms with van der Waals surface area (Å²) in [4.78, 5) is 0. The van der Waals surface area contributed by atoms with E-state index in [0.29, 0.717) is 0 Å². The minimum absolute atomic E-state index is 1.10. The molecule has 0 unspecified atom stereocenters. The van der Waals surface area contributed by atoms with Crippen LogP contribution in [0.2, 0.25) is 0 Å². The van der Waals surface area contributed by atoms with Crippen LogP contribution in [0.25, 0.3) is 11.1 Å². The van der Waals surface area contributed by atoms with Gasteiger partial charge in [0.1, 0.15) is 0 Å². The van der Waals surface area contributed by atoms with Gasteiger partial charge in [0.15, 0.2) is 0 Å². The minimum atomic E-state index is 1.10. The van der Waals surface area contributed by atoms with E-state index in [4.69, 9.17) is 0 Å². The molecule has 0 aromatic heterocycles. The summed E-state index contributed by atoms with van der Waals surface area (Å²) in [5.41, 5.74) is 10.2. The lowest BCUT2D eigenvalue weighted by Crippen LogP contribution is -1.90. The minimum Gasteiger partial charge on any atom is -0.0619 e. The second-order valence-corrected chi connectivity index (χ2v) is 6.71. The van der Waals surface area contributed by atoms with Gasteiger partial charge in [-0.3, -0.25) is 0 Å². The van der Waals surface area contributed by atoms with Crippen LogP contribution in [0.3, 0.4) is 0 Å². The lowest BCUT2D eigenvalue weighted by atomic mass is 10.0. The van der Waals surface area contributed by atoms with E-state index in [1.807, 2.05) is 0 Å². The second kappa shape index (κ2) is 8.16. The summed E-state index contributed by atoms with van der Waals surface area (Å²) in [6.07, 6.45) is 4.56. The molecular weight excluding hydrogens is 300 g/mol. The Bertz CT molecular complexity index is 743. The average molecular weight is 328 g/mol. The Labute approximate surface area is 152 Å². The molecule has 0 heterocycles. The van der Waals surface area contributed by atoms with Crippen molar-refractivity contribution in [3.8, 4) is 11.1 Å². The molecular formula is C25H28. The van der Waals surface area contributed by atoms with Crippen molar-refractivity contribution in [3.05, 3.63) is 94.5 Å². The first kappa shape index (κ1) is 17.5. The lowest BCUT2D eigenvalue weighted by molar-refractivity contribution is 1.04. The molecule has 3 aromatic rings. The van der Waals surface area contributed by atoms with Crippen LogP contribution < -0.4 is 0 Å². The van der Waals surface area contributed by atoms with Crippen molar-refractivity contribution in [2.24, 2.45) is 0 Å². The third-order valence-electron chi connectivity index (χ3n) is 5.04. The summed E-state index contributed by atoms with van der Waals surface area (Å²) in [6, 6.07) is 24.3. The monoisotopic (exact) mass is 328 g/mol. The van der Waals surface area contributed by atoms with Crippen molar-refractivity contribution in [2.75, 3.05) is 0 Å². The smallest absolute Gasteiger partial charge is 0.00135 e. The first-order valence-electron chi connectivity index (χ1n) is 9.53. The van der Waals surface area contributed by atoms with E-state index in [9.17, 15) is 0 Å². The van der Waals surface area contributed by atoms with Crippen LogP contribution in [0.4, 0.5) is 0 Å². The molecule has 0 bridgehead atoms. The number of benzene rings is 3. The van der Waals surface area contributed by atoms with Crippen LogP contribution >= 0.6 is 0 Å². The number of rotatable bonds is 3. The van der Waals surface area contributed by atoms with Gasteiger partial charge >= 0.3 is 0 Å². The van der Waals surface area contributed by atoms with Crippen molar-refractivity contribution in [1.82, 2.24) is 0 Å². The number of hydrogen-bond acceptors (Lipinski definition) is 0. The molecule has 3 aromatic carbocycles. The zero-order valence-electron chi connectivity index (χ0n) is 15.7. The normalized spacial score (nSPS) is 11.3. The van der Waals surface area contributed by atoms with Gasteiger partial charge in [0.05, 0.1) is 0 Å². The maximum absolute atomic E-state index is 2.32. The SMILES string of the molecule is CCc1cc(CC)cc(CC)c1.c1ccc2c(c1)Cc1ccccc1-2. The third kappa shape index (κ3) is 4.02. The molecule has 0 spiro atoms. The highest BCUT2D eigenvalue weighted by Crippen LogP contribution is 2.35. The standard InChI is InChI=1S/C13H10.C12H18/c1-3-7-12-10(5-1)9-11-6-2-4-8-13(11)12;1-4-10-7-11(5-2)9-12(6-3)8-10/h1-8H,9H2;7-9H,4-6H2,1-3H3. The zero-order chi connectivity index (χ0) is 17.6. The van der Waals surface area contributed by atoms with Crippen molar-refractivity contribution in [3.63, 3.8) is 0 Å². The third-order valence-corrected chi connectivity index (χ3v) is 5.04. The lowest BCUT2D eigenvalue weighted by Gasteiger charge is -2.05. The first-order chi connectivity index (χ1) is 12.2. The highest BCUT2D eigenvalue weighted by molar-refractivity contribution is 5.76. The van der Waals surface area contributed by atoms with Gasteiger partial charge in [0.25, 0.3) is 0 Å². The molecule has 0 aliphatic heterocycles. The molecule has 0 radical (unpaired) electrons. The van der Waals surface area contributed by atoms with Gasteiger partial charge < -0.3 is 0 Å². The molecule has 0 saturated heterocycles. The van der Waals surface area contributed by atoms with Gasteiger partial charge in [0.2, 0.25) is 0 Å². The molecule has 0 N–H and O–H groups in total. The summed E-state index contributed by atoms with van der Waals surface area (Å²) in [5, 5.41) is 0. The van der Waals surface area contributed by atoms with Gasteiger partial charge in [-0.05, 0) is 64.6 Å². The number of fused-ring (bicyclic) bond motifs is 3. The van der Waals surface area contributed by atoms with Crippen LogP contribution in [0, 0.1) is 0 Å². The molecule has 4 rings (SSSR count). The van der Waals surface area contributed by atoms with Gasteiger partial charge in [-0.1, -0.05) is 87.5 Å². The van der Waals surface area contributed by atoms with E-state index in [1.165, 1.54) is 38.9 Å². The average Bonchev–Trinajstić information content (AvgIpc) is 3.06. The van der Waals surface area contributed by atoms with E-state index in [0.717, 1.165) is 25.7 Å². The van der Waals surface area contributed by atoms with Crippen molar-refractivity contribution < 1.29 is 0 Å². The van der Waals surface area contributed by atoms with Crippen molar-refractivity contribution in [1.29, 1.82) is 0 Å². The zero-order valence-corrected chi connectivity index (χ0v) is 15.7. The Hall–Kier alpha value is -2.34. The van der Waals surface area contributed by atoms with Gasteiger partial charge in [-0.15, -0.1) is 0 Å². The summed E-state index contributed by atoms with van der Waals surface area (Å²) in [7, 11) is 0. The maximum atomic E-state index is 2.32. The maximum Gasteiger partial charge on any atom is -0.00135 e. The van der Waals surface area contributed by atoms with E-state index in [2.05, 4.69) is 87.5 Å². The van der Waals surface area contributed by atoms with Crippen LogP contribution in [-0.4, -0.2) is 0 Å². The summed E-state index contributed by atoms with van der Waals surface area (Å²) >= 11 is 0. The fourth-order valence-electron chi connectivity index (χ4n) is 3.53. The molecule has 1 aliphatic carbocycles. The molecule has 25 heavy (non-hydrogen) atoms. The Morgan fingerprint density at radius 1 is 0.560 bits per heavy atom. The molecule has 0 nitrogen and oxygen atoms in total. The molecule has 0 saturated carbocycles. The fourth-order valence-corrected chi connectivity index (χ4v) is 3.53. The summed E-state index contributed by atoms with van der Waals surface area (Å²) in [5.74, 6) is 0. The van der Waals surface area contributed by atoms with E-state index >= 15 is 0 Å². The predicted molar refractivity (Wildman–Crippen MR) is 109 cm³/mol. The Morgan fingerprint density at radius 2 is 0.920 bits per heavy atom. The Kier molecular flexibility index (Phi) is 5.71. The van der Waals surface area contributed by atoms with Crippen molar-refractivity contribution >= 4 is 0 Å². The summed E-state index contributed by atoms with van der Waals surface area (Å²) in [6.45, 7) is 6.65. The quantitative estimate of drug-likeness (QED) is 0.396. The highest BCUT2D eigenvalue weighted by Gasteiger charge is 2.15. The van der Waals surface area contributed by atoms with Gasteiger partial charge in [0, 0.05) is 0 Å². The Balaban J connectivity index is 0.000000147. The number of aryl methyl sites for hydroxylation is 3. The first-order valence-corrected chi connectivity index (χ1v) is 9.53. The predicted octanol–water partition coefficient (Wildman–Crippen LogP) is 6.63. The van der Waals surface area contributed by atoms with Crippen LogP contribution in [0.5, 0.6) is 0 Å². The number of hydrogen-bond donors (Lipinski definition) is 0. The molecule has 1 aliphatic rings. The summed E-state index contributed by atoms with van der Waals surface area (Å²) < 4.78 is 0. The van der Waals surface area contributed by atoms with Gasteiger partial charge in [-0.2, -0.15) is 0 Å². The largest absolute Gasteiger partial charge is 0.0619 e. The van der Waals surface area contributed by atoms with Gasteiger partial charge in [-0.25, -0.2) is 0 Å². The topological polar surface area (TPSA) is 0 Å². The van der Waals surface area contributed by atoms with Crippen LogP contribution in [0.1, 0.15) is 48.6 Å². The van der Waals surface area contributed by atoms with E-state index in [-0.39, 0.29) is 0 Å². The van der Waals surface area contributed by atoms with E-state index in [1.54, 1.807) is 0 Å². The van der Waals surface area contributed by atoms with Crippen LogP contribution in [-0.2, 0) is 25.7 Å². The van der Waals surface area contributed by atoms with Crippen molar-refractivity contribution in [2.45, 2.75) is 46.5 Å². The molecule has 0 fully saturated rings. The molecule has 0 amide bonds. The fraction of sp³-hybridized carbons (Fsp3) is 0.280. The molecule has 128 valence electrons. The van der Waals surface area contributed by atoms with E-state index < -0.39 is 0 Å². The highest BCUT2D eigenvalue weighted by atomic mass is 14.2. The van der Waals surface area contributed by atoms with Crippen LogP contribution in [0.15, 0.2) is 66.7 Å². The Morgan fingerprint density at radius 3 is 1.28 bits per heavy atom. The molecule has 0 atom stereocenters. The molecule has 0 heteroatoms. The second-order valence-electron chi connectivity index (χ2n) is 6.71.